The Morgan fingerprint density at radius 3 is 2.56 bits per heavy atom. The Morgan fingerprint density at radius 2 is 1.97 bits per heavy atom. The molecule has 1 N–H and O–H groups in total. The Labute approximate surface area is 198 Å². The number of aryl methyl sites for hydroxylation is 1. The van der Waals surface area contributed by atoms with Gasteiger partial charge in [0.15, 0.2) is 0 Å². The highest BCUT2D eigenvalue weighted by Crippen LogP contribution is 2.28. The second-order valence-corrected chi connectivity index (χ2v) is 8.72. The summed E-state index contributed by atoms with van der Waals surface area (Å²) in [6.45, 7) is 9.80. The molecule has 8 heteroatoms. The highest BCUT2D eigenvalue weighted by molar-refractivity contribution is 5.94. The molecule has 0 radical (unpaired) electrons. The number of pyridine rings is 2. The zero-order chi connectivity index (χ0) is 24.9. The van der Waals surface area contributed by atoms with E-state index < -0.39 is 11.9 Å². The van der Waals surface area contributed by atoms with E-state index in [1.807, 2.05) is 19.9 Å². The van der Waals surface area contributed by atoms with Crippen LogP contribution in [0.1, 0.15) is 73.9 Å². The largest absolute Gasteiger partial charge is 0.433 e. The first-order valence-electron chi connectivity index (χ1n) is 11.9. The van der Waals surface area contributed by atoms with Gasteiger partial charge in [0.1, 0.15) is 5.69 Å². The fourth-order valence-electron chi connectivity index (χ4n) is 4.36. The number of hydrogen-bond acceptors (Lipinski definition) is 4. The molecule has 1 aliphatic rings. The number of nitrogens with zero attached hydrogens (tertiary/aromatic N) is 3. The number of halogens is 3. The van der Waals surface area contributed by atoms with Crippen LogP contribution in [-0.4, -0.2) is 40.4 Å². The van der Waals surface area contributed by atoms with Crippen LogP contribution in [0.3, 0.4) is 0 Å². The van der Waals surface area contributed by atoms with Crippen molar-refractivity contribution in [3.63, 3.8) is 0 Å². The Morgan fingerprint density at radius 1 is 1.24 bits per heavy atom. The fraction of sp³-hybridized carbons (Fsp3) is 0.500. The molecular weight excluding hydrogens is 441 g/mol. The number of rotatable bonds is 9. The van der Waals surface area contributed by atoms with Gasteiger partial charge in [0.25, 0.3) is 5.91 Å². The number of fused-ring (bicyclic) bond motifs is 1. The number of hydrogen-bond donors (Lipinski definition) is 1. The van der Waals surface area contributed by atoms with Gasteiger partial charge in [-0.3, -0.25) is 19.7 Å². The van der Waals surface area contributed by atoms with E-state index in [1.165, 1.54) is 12.3 Å². The first kappa shape index (κ1) is 25.9. The van der Waals surface area contributed by atoms with Crippen LogP contribution in [0.2, 0.25) is 0 Å². The second-order valence-electron chi connectivity index (χ2n) is 8.72. The molecule has 2 unspecified atom stereocenters. The average Bonchev–Trinajstić information content (AvgIpc) is 2.80. The van der Waals surface area contributed by atoms with Crippen LogP contribution in [0.4, 0.5) is 13.2 Å². The molecule has 0 fully saturated rings. The van der Waals surface area contributed by atoms with Crippen molar-refractivity contribution in [2.24, 2.45) is 5.92 Å². The van der Waals surface area contributed by atoms with Crippen molar-refractivity contribution in [2.45, 2.75) is 59.2 Å². The molecule has 2 heterocycles. The van der Waals surface area contributed by atoms with Gasteiger partial charge in [-0.25, -0.2) is 0 Å². The van der Waals surface area contributed by atoms with E-state index in [-0.39, 0.29) is 18.5 Å². The summed E-state index contributed by atoms with van der Waals surface area (Å²) in [6, 6.07) is 4.01. The molecule has 1 amide bonds. The number of nitrogens with one attached hydrogen (secondary N) is 1. The van der Waals surface area contributed by atoms with E-state index in [0.717, 1.165) is 41.6 Å². The summed E-state index contributed by atoms with van der Waals surface area (Å²) in [7, 11) is 0. The summed E-state index contributed by atoms with van der Waals surface area (Å²) in [4.78, 5) is 23.8. The Balaban J connectivity index is 1.89. The number of aromatic nitrogens is 2. The molecule has 0 aromatic carbocycles. The minimum absolute atomic E-state index is 0.202. The Kier molecular flexibility index (Phi) is 8.47. The molecule has 0 saturated carbocycles. The van der Waals surface area contributed by atoms with E-state index in [4.69, 9.17) is 4.98 Å². The van der Waals surface area contributed by atoms with Crippen LogP contribution in [-0.2, 0) is 12.6 Å². The predicted molar refractivity (Wildman–Crippen MR) is 127 cm³/mol. The zero-order valence-corrected chi connectivity index (χ0v) is 20.2. The molecule has 0 bridgehead atoms. The summed E-state index contributed by atoms with van der Waals surface area (Å²) in [5.74, 6) is 0.166. The first-order chi connectivity index (χ1) is 16.2. The van der Waals surface area contributed by atoms with E-state index in [0.29, 0.717) is 30.1 Å². The third-order valence-electron chi connectivity index (χ3n) is 6.20. The van der Waals surface area contributed by atoms with Crippen LogP contribution in [0.15, 0.2) is 24.4 Å². The van der Waals surface area contributed by atoms with Crippen LogP contribution in [0, 0.1) is 5.92 Å². The lowest BCUT2D eigenvalue weighted by Crippen LogP contribution is -2.43. The lowest BCUT2D eigenvalue weighted by Gasteiger charge is -2.30. The van der Waals surface area contributed by atoms with Crippen LogP contribution < -0.4 is 15.9 Å². The lowest BCUT2D eigenvalue weighted by molar-refractivity contribution is -0.141. The number of amides is 1. The topological polar surface area (TPSA) is 58.1 Å². The third kappa shape index (κ3) is 6.03. The molecule has 0 spiro atoms. The van der Waals surface area contributed by atoms with Crippen molar-refractivity contribution in [2.75, 3.05) is 19.6 Å². The minimum Gasteiger partial charge on any atom is -0.350 e. The number of carbonyl (C=O) groups excluding carboxylic acids is 1. The monoisotopic (exact) mass is 474 g/mol. The molecule has 2 aromatic rings. The quantitative estimate of drug-likeness (QED) is 0.600. The van der Waals surface area contributed by atoms with Crippen molar-refractivity contribution >= 4 is 18.1 Å². The van der Waals surface area contributed by atoms with Crippen molar-refractivity contribution in [1.29, 1.82) is 0 Å². The van der Waals surface area contributed by atoms with Gasteiger partial charge in [-0.2, -0.15) is 13.2 Å². The summed E-state index contributed by atoms with van der Waals surface area (Å²) in [5.41, 5.74) is 1.19. The van der Waals surface area contributed by atoms with Gasteiger partial charge < -0.3 is 5.32 Å². The second kappa shape index (κ2) is 11.1. The van der Waals surface area contributed by atoms with E-state index >= 15 is 0 Å². The van der Waals surface area contributed by atoms with Crippen LogP contribution in [0.25, 0.3) is 12.2 Å². The molecule has 184 valence electrons. The SMILES string of the molecule is CCCc1cc(C(=O)NCC(c2ccc(C(F)(F)F)nc2)N(CC)CC)c2c(n1)=CC(C)CC=2. The summed E-state index contributed by atoms with van der Waals surface area (Å²) >= 11 is 0. The van der Waals surface area contributed by atoms with Crippen LogP contribution >= 0.6 is 0 Å². The number of alkyl halides is 3. The third-order valence-corrected chi connectivity index (χ3v) is 6.20. The normalized spacial score (nSPS) is 16.4. The number of carbonyl (C=O) groups is 1. The maximum absolute atomic E-state index is 13.3. The smallest absolute Gasteiger partial charge is 0.350 e. The predicted octanol–water partition coefficient (Wildman–Crippen LogP) is 3.86. The highest BCUT2D eigenvalue weighted by atomic mass is 19.4. The van der Waals surface area contributed by atoms with E-state index in [1.54, 1.807) is 0 Å². The van der Waals surface area contributed by atoms with Crippen molar-refractivity contribution in [3.8, 4) is 0 Å². The lowest BCUT2D eigenvalue weighted by atomic mass is 9.98. The van der Waals surface area contributed by atoms with Crippen molar-refractivity contribution in [1.82, 2.24) is 20.2 Å². The van der Waals surface area contributed by atoms with Gasteiger partial charge in [0.05, 0.1) is 17.0 Å². The van der Waals surface area contributed by atoms with Crippen molar-refractivity contribution < 1.29 is 18.0 Å². The zero-order valence-electron chi connectivity index (χ0n) is 20.2. The van der Waals surface area contributed by atoms with Crippen molar-refractivity contribution in [3.05, 3.63) is 57.5 Å². The molecule has 0 aliphatic heterocycles. The van der Waals surface area contributed by atoms with E-state index in [2.05, 4.69) is 41.2 Å². The fourth-order valence-corrected chi connectivity index (χ4v) is 4.36. The molecule has 2 atom stereocenters. The molecule has 1 aliphatic carbocycles. The summed E-state index contributed by atoms with van der Waals surface area (Å²) < 4.78 is 38.9. The number of likely N-dealkylation sites (N-methyl/N-ethyl adjacent to an activating group) is 1. The Bertz CT molecular complexity index is 1110. The van der Waals surface area contributed by atoms with Gasteiger partial charge in [-0.05, 0) is 49.5 Å². The summed E-state index contributed by atoms with van der Waals surface area (Å²) in [6.07, 6.45) is 3.51. The molecule has 0 saturated heterocycles. The van der Waals surface area contributed by atoms with Crippen LogP contribution in [0.5, 0.6) is 0 Å². The minimum atomic E-state index is -4.49. The van der Waals surface area contributed by atoms with Gasteiger partial charge in [-0.15, -0.1) is 0 Å². The summed E-state index contributed by atoms with van der Waals surface area (Å²) in [5, 5.41) is 4.73. The van der Waals surface area contributed by atoms with Gasteiger partial charge >= 0.3 is 6.18 Å². The molecular formula is C26H33F3N4O. The first-order valence-corrected chi connectivity index (χ1v) is 11.9. The van der Waals surface area contributed by atoms with E-state index in [9.17, 15) is 18.0 Å². The van der Waals surface area contributed by atoms with Gasteiger partial charge in [0.2, 0.25) is 0 Å². The maximum atomic E-state index is 13.3. The van der Waals surface area contributed by atoms with Gasteiger partial charge in [0, 0.05) is 23.7 Å². The highest BCUT2D eigenvalue weighted by Gasteiger charge is 2.32. The molecule has 2 aromatic heterocycles. The van der Waals surface area contributed by atoms with Gasteiger partial charge in [-0.1, -0.05) is 52.3 Å². The Hall–Kier alpha value is -2.74. The molecule has 34 heavy (non-hydrogen) atoms. The maximum Gasteiger partial charge on any atom is 0.433 e. The standard InChI is InChI=1S/C26H33F3N4O/c1-5-8-19-14-21(20-11-9-17(4)13-22(20)32-19)25(34)31-16-23(33(6-2)7-3)18-10-12-24(30-15-18)26(27,28)29/h10-15,17,23H,5-9,16H2,1-4H3,(H,31,34). The molecule has 3 rings (SSSR count). The average molecular weight is 475 g/mol. The molecule has 5 nitrogen and oxygen atoms in total.